The van der Waals surface area contributed by atoms with Gasteiger partial charge in [-0.15, -0.1) is 12.4 Å². The molecule has 1 amide bonds. The third-order valence-electron chi connectivity index (χ3n) is 4.70. The highest BCUT2D eigenvalue weighted by Gasteiger charge is 2.22. The van der Waals surface area contributed by atoms with E-state index in [1.54, 1.807) is 0 Å². The zero-order chi connectivity index (χ0) is 17.8. The molecule has 4 rings (SSSR count). The maximum Gasteiger partial charge on any atom is 0.287 e. The van der Waals surface area contributed by atoms with E-state index in [0.29, 0.717) is 23.9 Å². The molecule has 3 aromatic rings. The molecule has 1 unspecified atom stereocenters. The number of amides is 1. The van der Waals surface area contributed by atoms with Crippen molar-refractivity contribution in [3.8, 4) is 5.75 Å². The van der Waals surface area contributed by atoms with E-state index in [1.807, 2.05) is 54.6 Å². The molecular weight excluding hydrogens is 364 g/mol. The minimum Gasteiger partial charge on any atom is -0.489 e. The number of hydrogen-bond donors (Lipinski definition) is 2. The second kappa shape index (κ2) is 8.93. The summed E-state index contributed by atoms with van der Waals surface area (Å²) in [4.78, 5) is 12.7. The molecule has 1 fully saturated rings. The minimum atomic E-state index is -0.193. The molecule has 2 heterocycles. The van der Waals surface area contributed by atoms with Crippen LogP contribution in [0, 0.1) is 0 Å². The fraction of sp³-hybridized carbons (Fsp3) is 0.286. The Balaban J connectivity index is 0.00000210. The molecule has 0 radical (unpaired) electrons. The molecule has 27 heavy (non-hydrogen) atoms. The summed E-state index contributed by atoms with van der Waals surface area (Å²) in [6.45, 7) is 1.90. The summed E-state index contributed by atoms with van der Waals surface area (Å²) in [5.74, 6) is 0.904. The zero-order valence-corrected chi connectivity index (χ0v) is 15.8. The molecule has 0 bridgehead atoms. The molecule has 1 aliphatic heterocycles. The van der Waals surface area contributed by atoms with Gasteiger partial charge >= 0.3 is 0 Å². The molecule has 1 aromatic heterocycles. The van der Waals surface area contributed by atoms with E-state index in [0.717, 1.165) is 36.1 Å². The standard InChI is InChI=1S/C21H22N2O3.ClH/c24-21(23-13-15-7-6-12-22-15)20-18(14-25-16-8-2-1-3-9-16)17-10-4-5-11-19(17)26-20;/h1-5,8-11,15,22H,6-7,12-14H2,(H,23,24);1H. The lowest BCUT2D eigenvalue weighted by molar-refractivity contribution is 0.0921. The first kappa shape index (κ1) is 19.3. The van der Waals surface area contributed by atoms with Crippen LogP contribution < -0.4 is 15.4 Å². The van der Waals surface area contributed by atoms with Crippen LogP contribution in [0.4, 0.5) is 0 Å². The van der Waals surface area contributed by atoms with Gasteiger partial charge in [0.2, 0.25) is 0 Å². The van der Waals surface area contributed by atoms with Crippen molar-refractivity contribution in [1.82, 2.24) is 10.6 Å². The first-order valence-electron chi connectivity index (χ1n) is 9.01. The second-order valence-corrected chi connectivity index (χ2v) is 6.51. The molecule has 0 aliphatic carbocycles. The number of rotatable bonds is 6. The molecule has 1 aliphatic rings. The van der Waals surface area contributed by atoms with Gasteiger partial charge in [0.15, 0.2) is 5.76 Å². The van der Waals surface area contributed by atoms with Crippen LogP contribution in [-0.2, 0) is 6.61 Å². The Morgan fingerprint density at radius 2 is 1.93 bits per heavy atom. The zero-order valence-electron chi connectivity index (χ0n) is 14.9. The molecule has 2 N–H and O–H groups in total. The molecule has 6 heteroatoms. The van der Waals surface area contributed by atoms with Crippen molar-refractivity contribution < 1.29 is 13.9 Å². The number of para-hydroxylation sites is 2. The smallest absolute Gasteiger partial charge is 0.287 e. The monoisotopic (exact) mass is 386 g/mol. The molecule has 142 valence electrons. The van der Waals surface area contributed by atoms with E-state index in [9.17, 15) is 4.79 Å². The van der Waals surface area contributed by atoms with Gasteiger partial charge in [-0.3, -0.25) is 4.79 Å². The maximum atomic E-state index is 12.7. The van der Waals surface area contributed by atoms with E-state index >= 15 is 0 Å². The highest BCUT2D eigenvalue weighted by molar-refractivity contribution is 5.99. The molecule has 2 aromatic carbocycles. The van der Waals surface area contributed by atoms with Crippen molar-refractivity contribution in [3.05, 3.63) is 65.9 Å². The van der Waals surface area contributed by atoms with Crippen molar-refractivity contribution in [2.45, 2.75) is 25.5 Å². The lowest BCUT2D eigenvalue weighted by atomic mass is 10.1. The molecule has 1 saturated heterocycles. The fourth-order valence-corrected chi connectivity index (χ4v) is 3.32. The molecule has 1 atom stereocenters. The largest absolute Gasteiger partial charge is 0.489 e. The topological polar surface area (TPSA) is 63.5 Å². The Labute approximate surface area is 164 Å². The van der Waals surface area contributed by atoms with Gasteiger partial charge in [-0.2, -0.15) is 0 Å². The third-order valence-corrected chi connectivity index (χ3v) is 4.70. The van der Waals surface area contributed by atoms with Crippen molar-refractivity contribution in [1.29, 1.82) is 0 Å². The number of carbonyl (C=O) groups is 1. The van der Waals surface area contributed by atoms with Crippen LogP contribution in [0.1, 0.15) is 29.0 Å². The number of hydrogen-bond acceptors (Lipinski definition) is 4. The van der Waals surface area contributed by atoms with Crippen LogP contribution in [0.2, 0.25) is 0 Å². The average molecular weight is 387 g/mol. The first-order chi connectivity index (χ1) is 12.8. The van der Waals surface area contributed by atoms with Gasteiger partial charge in [0.1, 0.15) is 17.9 Å². The Morgan fingerprint density at radius 3 is 2.70 bits per heavy atom. The highest BCUT2D eigenvalue weighted by Crippen LogP contribution is 2.27. The molecular formula is C21H23ClN2O3. The maximum absolute atomic E-state index is 12.7. The van der Waals surface area contributed by atoms with Crippen LogP contribution in [-0.4, -0.2) is 25.0 Å². The van der Waals surface area contributed by atoms with Crippen LogP contribution in [0.3, 0.4) is 0 Å². The van der Waals surface area contributed by atoms with Crippen molar-refractivity contribution in [2.75, 3.05) is 13.1 Å². The SMILES string of the molecule is Cl.O=C(NCC1CCCN1)c1oc2ccccc2c1COc1ccccc1. The molecule has 5 nitrogen and oxygen atoms in total. The van der Waals surface area contributed by atoms with Crippen LogP contribution >= 0.6 is 12.4 Å². The summed E-state index contributed by atoms with van der Waals surface area (Å²) >= 11 is 0. The lowest BCUT2D eigenvalue weighted by Crippen LogP contribution is -2.37. The predicted molar refractivity (Wildman–Crippen MR) is 108 cm³/mol. The van der Waals surface area contributed by atoms with Gasteiger partial charge in [0.25, 0.3) is 5.91 Å². The van der Waals surface area contributed by atoms with Crippen molar-refractivity contribution in [2.24, 2.45) is 0 Å². The van der Waals surface area contributed by atoms with Crippen molar-refractivity contribution >= 4 is 29.3 Å². The first-order valence-corrected chi connectivity index (χ1v) is 9.01. The van der Waals surface area contributed by atoms with E-state index in [-0.39, 0.29) is 24.9 Å². The lowest BCUT2D eigenvalue weighted by Gasteiger charge is -2.11. The quantitative estimate of drug-likeness (QED) is 0.674. The Morgan fingerprint density at radius 1 is 1.15 bits per heavy atom. The summed E-state index contributed by atoms with van der Waals surface area (Å²) in [5.41, 5.74) is 1.48. The highest BCUT2D eigenvalue weighted by atomic mass is 35.5. The number of halogens is 1. The molecule has 0 saturated carbocycles. The van der Waals surface area contributed by atoms with Gasteiger partial charge in [0.05, 0.1) is 0 Å². The molecule has 0 spiro atoms. The number of carbonyl (C=O) groups excluding carboxylic acids is 1. The van der Waals surface area contributed by atoms with Gasteiger partial charge in [-0.1, -0.05) is 36.4 Å². The van der Waals surface area contributed by atoms with E-state index in [2.05, 4.69) is 10.6 Å². The second-order valence-electron chi connectivity index (χ2n) is 6.51. The summed E-state index contributed by atoms with van der Waals surface area (Å²) < 4.78 is 11.7. The van der Waals surface area contributed by atoms with Crippen molar-refractivity contribution in [3.63, 3.8) is 0 Å². The average Bonchev–Trinajstić information content (AvgIpc) is 3.33. The van der Waals surface area contributed by atoms with E-state index in [4.69, 9.17) is 9.15 Å². The number of ether oxygens (including phenoxy) is 1. The van der Waals surface area contributed by atoms with Crippen LogP contribution in [0.15, 0.2) is 59.0 Å². The van der Waals surface area contributed by atoms with Gasteiger partial charge in [-0.25, -0.2) is 0 Å². The fourth-order valence-electron chi connectivity index (χ4n) is 3.32. The summed E-state index contributed by atoms with van der Waals surface area (Å²) in [6.07, 6.45) is 2.24. The third kappa shape index (κ3) is 4.43. The normalized spacial score (nSPS) is 16.1. The van der Waals surface area contributed by atoms with Gasteiger partial charge in [-0.05, 0) is 37.6 Å². The summed E-state index contributed by atoms with van der Waals surface area (Å²) in [5, 5.41) is 7.28. The minimum absolute atomic E-state index is 0. The van der Waals surface area contributed by atoms with Crippen LogP contribution in [0.25, 0.3) is 11.0 Å². The number of nitrogens with one attached hydrogen (secondary N) is 2. The van der Waals surface area contributed by atoms with E-state index in [1.165, 1.54) is 0 Å². The van der Waals surface area contributed by atoms with Gasteiger partial charge < -0.3 is 19.8 Å². The van der Waals surface area contributed by atoms with Gasteiger partial charge in [0, 0.05) is 23.5 Å². The van der Waals surface area contributed by atoms with Crippen LogP contribution in [0.5, 0.6) is 5.75 Å². The summed E-state index contributed by atoms with van der Waals surface area (Å²) in [6, 6.07) is 17.6. The van der Waals surface area contributed by atoms with E-state index < -0.39 is 0 Å². The number of fused-ring (bicyclic) bond motifs is 1. The Kier molecular flexibility index (Phi) is 6.37. The number of furan rings is 1. The Hall–Kier alpha value is -2.50. The number of benzene rings is 2. The summed E-state index contributed by atoms with van der Waals surface area (Å²) in [7, 11) is 0. The Bertz CT molecular complexity index is 889. The predicted octanol–water partition coefficient (Wildman–Crippen LogP) is 3.92.